The minimum atomic E-state index is -0.570. The number of tetrazole rings is 5. The van der Waals surface area contributed by atoms with Crippen molar-refractivity contribution in [2.45, 2.75) is 0 Å². The van der Waals surface area contributed by atoms with Crippen molar-refractivity contribution >= 4 is 50.7 Å². The first-order valence-electron chi connectivity index (χ1n) is 30.3. The third kappa shape index (κ3) is 18.6. The maximum atomic E-state index is 13.4. The summed E-state index contributed by atoms with van der Waals surface area (Å²) in [5, 5.41) is 108. The van der Waals surface area contributed by atoms with Gasteiger partial charge < -0.3 is 4.74 Å². The van der Waals surface area contributed by atoms with Crippen LogP contribution in [0.1, 0.15) is 22.3 Å². The molecule has 0 saturated carbocycles. The molecule has 512 valence electrons. The lowest BCUT2D eigenvalue weighted by Gasteiger charge is -2.06. The smallest absolute Gasteiger partial charge is 0.305 e. The molecule has 32 nitrogen and oxygen atoms in total. The Bertz CT molecular complexity index is 5840. The number of hydrogen-bond acceptors (Lipinski definition) is 26. The van der Waals surface area contributed by atoms with Gasteiger partial charge in [-0.1, -0.05) is 75.0 Å². The van der Waals surface area contributed by atoms with E-state index in [1.165, 1.54) is 43.6 Å². The number of nitriles is 4. The van der Waals surface area contributed by atoms with E-state index in [9.17, 15) is 9.60 Å². The Hall–Kier alpha value is -14.8. The Balaban J connectivity index is 0.000000125. The van der Waals surface area contributed by atoms with Crippen LogP contribution in [0.5, 0.6) is 11.5 Å². The Morgan fingerprint density at radius 2 is 0.858 bits per heavy atom. The number of pyridine rings is 6. The Morgan fingerprint density at radius 3 is 1.37 bits per heavy atom. The van der Waals surface area contributed by atoms with Crippen molar-refractivity contribution in [3.8, 4) is 122 Å². The van der Waals surface area contributed by atoms with Gasteiger partial charge in [0.15, 0.2) is 17.5 Å². The molecule has 0 aliphatic heterocycles. The first-order chi connectivity index (χ1) is 51.7. The van der Waals surface area contributed by atoms with Gasteiger partial charge in [0.1, 0.15) is 23.0 Å². The largest absolute Gasteiger partial charge is 0.456 e. The van der Waals surface area contributed by atoms with Crippen molar-refractivity contribution in [3.63, 3.8) is 0 Å². The minimum Gasteiger partial charge on any atom is -0.456 e. The Morgan fingerprint density at radius 1 is 0.406 bits per heavy atom. The van der Waals surface area contributed by atoms with E-state index in [4.69, 9.17) is 60.6 Å². The van der Waals surface area contributed by atoms with E-state index >= 15 is 0 Å². The molecule has 0 radical (unpaired) electrons. The molecule has 0 aliphatic rings. The number of aromatic nitrogens is 26. The molecule has 11 aromatic heterocycles. The molecular formula is C69H40BrCl3FN30O2+. The van der Waals surface area contributed by atoms with Gasteiger partial charge in [-0.2, -0.15) is 21.0 Å². The van der Waals surface area contributed by atoms with E-state index in [-0.39, 0.29) is 17.1 Å². The number of hydrogen-bond donors (Lipinski definition) is 1. The number of benzene rings is 5. The number of halogens is 5. The highest BCUT2D eigenvalue weighted by Crippen LogP contribution is 2.31. The first-order valence-corrected chi connectivity index (χ1v) is 32.3. The zero-order valence-electron chi connectivity index (χ0n) is 53.7. The van der Waals surface area contributed by atoms with Gasteiger partial charge in [-0.05, 0) is 178 Å². The maximum Gasteiger partial charge on any atom is 0.305 e. The first kappa shape index (κ1) is 71.0. The van der Waals surface area contributed by atoms with Crippen LogP contribution in [0, 0.1) is 51.1 Å². The van der Waals surface area contributed by atoms with Crippen LogP contribution >= 0.6 is 50.7 Å². The number of ether oxygens (including phenoxy) is 1. The molecule has 0 amide bonds. The Labute approximate surface area is 620 Å². The van der Waals surface area contributed by atoms with Gasteiger partial charge in [-0.25, -0.2) is 19.3 Å². The van der Waals surface area contributed by atoms with E-state index < -0.39 is 5.82 Å². The lowest BCUT2D eigenvalue weighted by atomic mass is 10.1. The topological polar surface area (TPSA) is 411 Å². The third-order valence-corrected chi connectivity index (χ3v) is 14.8. The van der Waals surface area contributed by atoms with E-state index in [0.29, 0.717) is 112 Å². The number of nitrogens with zero attached hydrogens (tertiary/aromatic N) is 30. The normalized spacial score (nSPS) is 10.3. The van der Waals surface area contributed by atoms with Crippen molar-refractivity contribution in [3.05, 3.63) is 285 Å². The van der Waals surface area contributed by atoms with Gasteiger partial charge in [0.25, 0.3) is 5.82 Å². The summed E-state index contributed by atoms with van der Waals surface area (Å²) >= 11 is 21.5. The summed E-state index contributed by atoms with van der Waals surface area (Å²) in [4.78, 5) is 27.0. The maximum absolute atomic E-state index is 13.4. The fourth-order valence-electron chi connectivity index (χ4n) is 9.03. The molecule has 0 fully saturated rings. The quantitative estimate of drug-likeness (QED) is 0.0876. The predicted molar refractivity (Wildman–Crippen MR) is 377 cm³/mol. The molecule has 0 saturated heterocycles. The predicted octanol–water partition coefficient (Wildman–Crippen LogP) is 11.3. The lowest BCUT2D eigenvalue weighted by Crippen LogP contribution is -2.32. The van der Waals surface area contributed by atoms with Crippen molar-refractivity contribution in [2.24, 2.45) is 0 Å². The second-order valence-electron chi connectivity index (χ2n) is 21.0. The molecule has 0 bridgehead atoms. The lowest BCUT2D eigenvalue weighted by molar-refractivity contribution is -0.896. The fourth-order valence-corrected chi connectivity index (χ4v) is 10.3. The number of rotatable bonds is 12. The van der Waals surface area contributed by atoms with Gasteiger partial charge in [0, 0.05) is 90.1 Å². The van der Waals surface area contributed by atoms with Gasteiger partial charge in [-0.3, -0.25) is 15.2 Å². The van der Waals surface area contributed by atoms with Crippen LogP contribution in [0.4, 0.5) is 4.39 Å². The van der Waals surface area contributed by atoms with Crippen LogP contribution in [-0.2, 0) is 0 Å². The Kier molecular flexibility index (Phi) is 22.8. The van der Waals surface area contributed by atoms with Gasteiger partial charge in [0.2, 0.25) is 29.5 Å². The summed E-state index contributed by atoms with van der Waals surface area (Å²) in [5.74, 6) is 4.20. The summed E-state index contributed by atoms with van der Waals surface area (Å²) in [6.07, 6.45) is 11.3. The monoisotopic (exact) mass is 1520 g/mol. The molecule has 0 atom stereocenters. The minimum absolute atomic E-state index is 0.154. The second-order valence-corrected chi connectivity index (χ2v) is 23.2. The second kappa shape index (κ2) is 34.0. The van der Waals surface area contributed by atoms with Crippen molar-refractivity contribution in [1.29, 1.82) is 21.0 Å². The molecule has 16 rings (SSSR count). The molecule has 0 aliphatic carbocycles. The molecule has 0 spiro atoms. The average molecular weight is 1530 g/mol. The summed E-state index contributed by atoms with van der Waals surface area (Å²) < 4.78 is 20.9. The SMILES string of the molecule is Clc1cc(Br)cc(-c2nnn(-c3ccccn3)n2)c1.Clc1cc(Oc2cccnc2)cc(-c2nnn(-c3ccccn3)n2)c1.N#Cc1cc(C#N)cc(-n2nnc(-c3ccccn3)n2)c1.N#Cc1cc(Cl)cc(-c2nnn(-c3ccccn3)n2)c1.N#Cc1cc(F)cc(-n2nnc(-c3cccc[n+]3O)n2)c1. The van der Waals surface area contributed by atoms with E-state index in [0.717, 1.165) is 25.6 Å². The van der Waals surface area contributed by atoms with E-state index in [2.05, 4.69) is 118 Å². The van der Waals surface area contributed by atoms with Crippen molar-refractivity contribution in [1.82, 2.24) is 126 Å². The van der Waals surface area contributed by atoms with Crippen LogP contribution in [0.3, 0.4) is 0 Å². The summed E-state index contributed by atoms with van der Waals surface area (Å²) in [6.45, 7) is 0. The van der Waals surface area contributed by atoms with Crippen molar-refractivity contribution in [2.75, 3.05) is 0 Å². The standard InChI is InChI=1S/C17H11ClN6O.C14H7N7.C13H7ClN6.C13H8FN6O.C12H7BrClN5/c18-13-8-12(9-15(10-13)25-14-4-3-6-19-11-14)17-21-23-24(22-17)16-5-1-2-7-20-16;15-8-10-5-11(9-16)7-12(6-10)21-19-14(18-20-21)13-3-1-2-4-17-13;14-11-6-9(8-15)5-10(7-11)13-17-19-20(18-13)12-3-1-2-4-16-12;14-10-5-9(8-15)6-11(7-10)20-17-13(16-18-20)12-3-1-2-4-19(12)21;13-9-5-8(6-10(14)7-9)12-16-18-19(17-12)11-3-1-2-4-15-11/h1-11H;1-7H;1-7H;1-7,21H;1-7H/q;;;+1;. The summed E-state index contributed by atoms with van der Waals surface area (Å²) in [7, 11) is 0. The molecular weight excluding hydrogens is 1490 g/mol. The third-order valence-electron chi connectivity index (χ3n) is 13.6. The van der Waals surface area contributed by atoms with Crippen LogP contribution in [0.25, 0.3) is 86.0 Å². The zero-order chi connectivity index (χ0) is 73.7. The molecule has 5 aromatic carbocycles. The highest BCUT2D eigenvalue weighted by molar-refractivity contribution is 9.10. The van der Waals surface area contributed by atoms with Crippen LogP contribution in [0.2, 0.25) is 15.1 Å². The molecule has 0 unspecified atom stereocenters. The highest BCUT2D eigenvalue weighted by atomic mass is 79.9. The summed E-state index contributed by atoms with van der Waals surface area (Å²) in [5.41, 5.74) is 5.14. The van der Waals surface area contributed by atoms with E-state index in [1.54, 1.807) is 159 Å². The van der Waals surface area contributed by atoms with Crippen LogP contribution in [-0.4, -0.2) is 131 Å². The summed E-state index contributed by atoms with van der Waals surface area (Å²) in [6, 6.07) is 62.2. The fraction of sp³-hybridized carbons (Fsp3) is 0. The highest BCUT2D eigenvalue weighted by Gasteiger charge is 2.20. The molecule has 37 heteroatoms. The molecule has 11 heterocycles. The molecule has 1 N–H and O–H groups in total. The van der Waals surface area contributed by atoms with Crippen molar-refractivity contribution < 1.29 is 19.1 Å². The van der Waals surface area contributed by atoms with Crippen LogP contribution in [0.15, 0.2) is 242 Å². The average Bonchev–Trinajstić information content (AvgIpc) is 1.73. The molecule has 16 aromatic rings. The van der Waals surface area contributed by atoms with Crippen LogP contribution < -0.4 is 9.47 Å². The van der Waals surface area contributed by atoms with E-state index in [1.807, 2.05) is 72.8 Å². The van der Waals surface area contributed by atoms with Gasteiger partial charge in [0.05, 0.1) is 64.1 Å². The van der Waals surface area contributed by atoms with Gasteiger partial charge >= 0.3 is 5.69 Å². The molecule has 106 heavy (non-hydrogen) atoms. The zero-order valence-corrected chi connectivity index (χ0v) is 57.5. The van der Waals surface area contributed by atoms with Gasteiger partial charge in [-0.15, -0.1) is 75.0 Å².